The topological polar surface area (TPSA) is 9.23 Å². The second kappa shape index (κ2) is 4.47. The Balaban J connectivity index is 3.26. The van der Waals surface area contributed by atoms with Gasteiger partial charge >= 0.3 is 0 Å². The standard InChI is InChI=1S/C10H12Br2O/c1-4-13-10-6(2)5-8(11)7(3)9(10)12/h5H,4H2,1-3H3. The van der Waals surface area contributed by atoms with Gasteiger partial charge in [-0.25, -0.2) is 0 Å². The maximum Gasteiger partial charge on any atom is 0.136 e. The number of rotatable bonds is 2. The fourth-order valence-electron chi connectivity index (χ4n) is 1.13. The summed E-state index contributed by atoms with van der Waals surface area (Å²) < 4.78 is 7.69. The molecule has 1 nitrogen and oxygen atoms in total. The van der Waals surface area contributed by atoms with Gasteiger partial charge in [-0.1, -0.05) is 15.9 Å². The Kier molecular flexibility index (Phi) is 3.80. The van der Waals surface area contributed by atoms with Crippen molar-refractivity contribution in [1.29, 1.82) is 0 Å². The zero-order chi connectivity index (χ0) is 10.0. The highest BCUT2D eigenvalue weighted by Gasteiger charge is 2.10. The normalized spacial score (nSPS) is 10.2. The zero-order valence-corrected chi connectivity index (χ0v) is 11.1. The van der Waals surface area contributed by atoms with Gasteiger partial charge in [-0.15, -0.1) is 0 Å². The van der Waals surface area contributed by atoms with Gasteiger partial charge < -0.3 is 4.74 Å². The van der Waals surface area contributed by atoms with Gasteiger partial charge in [0.25, 0.3) is 0 Å². The summed E-state index contributed by atoms with van der Waals surface area (Å²) in [6.07, 6.45) is 0. The summed E-state index contributed by atoms with van der Waals surface area (Å²) in [6, 6.07) is 2.07. The lowest BCUT2D eigenvalue weighted by atomic mass is 10.1. The van der Waals surface area contributed by atoms with Crippen molar-refractivity contribution in [3.63, 3.8) is 0 Å². The summed E-state index contributed by atoms with van der Waals surface area (Å²) >= 11 is 7.02. The molecule has 0 amide bonds. The van der Waals surface area contributed by atoms with Gasteiger partial charge in [0.2, 0.25) is 0 Å². The first-order chi connectivity index (χ1) is 6.07. The molecule has 0 bridgehead atoms. The maximum atomic E-state index is 5.54. The van der Waals surface area contributed by atoms with Crippen molar-refractivity contribution in [2.45, 2.75) is 20.8 Å². The summed E-state index contributed by atoms with van der Waals surface area (Å²) in [5.41, 5.74) is 2.32. The molecule has 0 saturated carbocycles. The Bertz CT molecular complexity index is 321. The molecule has 0 fully saturated rings. The molecule has 1 aromatic rings. The van der Waals surface area contributed by atoms with Gasteiger partial charge in [0.15, 0.2) is 0 Å². The van der Waals surface area contributed by atoms with Crippen LogP contribution in [0.3, 0.4) is 0 Å². The SMILES string of the molecule is CCOc1c(C)cc(Br)c(C)c1Br. The smallest absolute Gasteiger partial charge is 0.136 e. The van der Waals surface area contributed by atoms with Crippen LogP contribution >= 0.6 is 31.9 Å². The predicted octanol–water partition coefficient (Wildman–Crippen LogP) is 4.23. The van der Waals surface area contributed by atoms with E-state index in [-0.39, 0.29) is 0 Å². The van der Waals surface area contributed by atoms with Crippen LogP contribution in [0.15, 0.2) is 15.0 Å². The number of hydrogen-bond acceptors (Lipinski definition) is 1. The molecule has 1 rings (SSSR count). The number of benzene rings is 1. The lowest BCUT2D eigenvalue weighted by molar-refractivity contribution is 0.335. The molecule has 0 heterocycles. The summed E-state index contributed by atoms with van der Waals surface area (Å²) in [4.78, 5) is 0. The van der Waals surface area contributed by atoms with E-state index < -0.39 is 0 Å². The molecule has 3 heteroatoms. The molecule has 72 valence electrons. The highest BCUT2D eigenvalue weighted by atomic mass is 79.9. The zero-order valence-electron chi connectivity index (χ0n) is 7.95. The van der Waals surface area contributed by atoms with Gasteiger partial charge in [-0.2, -0.15) is 0 Å². The molecule has 0 unspecified atom stereocenters. The minimum atomic E-state index is 0.695. The first-order valence-electron chi connectivity index (χ1n) is 4.16. The third-order valence-electron chi connectivity index (χ3n) is 1.88. The van der Waals surface area contributed by atoms with Gasteiger partial charge in [-0.05, 0) is 53.9 Å². The van der Waals surface area contributed by atoms with Crippen molar-refractivity contribution >= 4 is 31.9 Å². The molecule has 13 heavy (non-hydrogen) atoms. The van der Waals surface area contributed by atoms with Crippen LogP contribution in [0.25, 0.3) is 0 Å². The van der Waals surface area contributed by atoms with Crippen LogP contribution in [0.4, 0.5) is 0 Å². The predicted molar refractivity (Wildman–Crippen MR) is 62.5 cm³/mol. The quantitative estimate of drug-likeness (QED) is 0.794. The highest BCUT2D eigenvalue weighted by Crippen LogP contribution is 2.36. The van der Waals surface area contributed by atoms with Gasteiger partial charge in [0.1, 0.15) is 5.75 Å². The number of ether oxygens (including phenoxy) is 1. The molecule has 0 spiro atoms. The molecule has 0 atom stereocenters. The van der Waals surface area contributed by atoms with E-state index in [1.54, 1.807) is 0 Å². The molecule has 0 aliphatic rings. The maximum absolute atomic E-state index is 5.54. The van der Waals surface area contributed by atoms with Crippen molar-refractivity contribution in [1.82, 2.24) is 0 Å². The molecular formula is C10H12Br2O. The minimum absolute atomic E-state index is 0.695. The van der Waals surface area contributed by atoms with E-state index in [1.165, 1.54) is 5.56 Å². The molecular weight excluding hydrogens is 296 g/mol. The molecule has 0 radical (unpaired) electrons. The Hall–Kier alpha value is -0.0200. The minimum Gasteiger partial charge on any atom is -0.492 e. The highest BCUT2D eigenvalue weighted by molar-refractivity contribution is 9.11. The Morgan fingerprint density at radius 2 is 1.92 bits per heavy atom. The molecule has 0 aromatic heterocycles. The van der Waals surface area contributed by atoms with Crippen molar-refractivity contribution in [2.75, 3.05) is 6.61 Å². The van der Waals surface area contributed by atoms with E-state index in [4.69, 9.17) is 4.74 Å². The number of halogens is 2. The van der Waals surface area contributed by atoms with E-state index in [0.717, 1.165) is 20.3 Å². The average Bonchev–Trinajstić information content (AvgIpc) is 2.09. The molecule has 0 saturated heterocycles. The third kappa shape index (κ3) is 2.26. The van der Waals surface area contributed by atoms with Gasteiger partial charge in [0.05, 0.1) is 11.1 Å². The monoisotopic (exact) mass is 306 g/mol. The van der Waals surface area contributed by atoms with E-state index in [2.05, 4.69) is 44.8 Å². The van der Waals surface area contributed by atoms with Crippen molar-refractivity contribution in [2.24, 2.45) is 0 Å². The van der Waals surface area contributed by atoms with Crippen LogP contribution in [-0.2, 0) is 0 Å². The van der Waals surface area contributed by atoms with Crippen LogP contribution in [-0.4, -0.2) is 6.61 Å². The van der Waals surface area contributed by atoms with Crippen LogP contribution < -0.4 is 4.74 Å². The second-order valence-corrected chi connectivity index (χ2v) is 4.52. The van der Waals surface area contributed by atoms with E-state index in [1.807, 2.05) is 13.8 Å². The first-order valence-corrected chi connectivity index (χ1v) is 5.74. The van der Waals surface area contributed by atoms with Crippen molar-refractivity contribution < 1.29 is 4.74 Å². The van der Waals surface area contributed by atoms with E-state index in [9.17, 15) is 0 Å². The summed E-state index contributed by atoms with van der Waals surface area (Å²) in [7, 11) is 0. The Morgan fingerprint density at radius 3 is 2.46 bits per heavy atom. The summed E-state index contributed by atoms with van der Waals surface area (Å²) in [6.45, 7) is 6.78. The number of aryl methyl sites for hydroxylation is 1. The van der Waals surface area contributed by atoms with E-state index in [0.29, 0.717) is 6.61 Å². The fraction of sp³-hybridized carbons (Fsp3) is 0.400. The third-order valence-corrected chi connectivity index (χ3v) is 3.66. The lowest BCUT2D eigenvalue weighted by Gasteiger charge is -2.12. The fourth-order valence-corrected chi connectivity index (χ4v) is 2.58. The van der Waals surface area contributed by atoms with Crippen LogP contribution in [0, 0.1) is 13.8 Å². The average molecular weight is 308 g/mol. The molecule has 0 aliphatic heterocycles. The Morgan fingerprint density at radius 1 is 1.31 bits per heavy atom. The van der Waals surface area contributed by atoms with Crippen molar-refractivity contribution in [3.8, 4) is 5.75 Å². The second-order valence-electron chi connectivity index (χ2n) is 2.88. The van der Waals surface area contributed by atoms with Crippen LogP contribution in [0.1, 0.15) is 18.1 Å². The molecule has 0 N–H and O–H groups in total. The first kappa shape index (κ1) is 11.1. The molecule has 1 aromatic carbocycles. The molecule has 0 aliphatic carbocycles. The van der Waals surface area contributed by atoms with Crippen molar-refractivity contribution in [3.05, 3.63) is 26.1 Å². The Labute approximate surface area is 95.7 Å². The summed E-state index contributed by atoms with van der Waals surface area (Å²) in [5.74, 6) is 0.947. The van der Waals surface area contributed by atoms with Gasteiger partial charge in [-0.3, -0.25) is 0 Å². The summed E-state index contributed by atoms with van der Waals surface area (Å²) in [5, 5.41) is 0. The van der Waals surface area contributed by atoms with Crippen LogP contribution in [0.5, 0.6) is 5.75 Å². The van der Waals surface area contributed by atoms with Crippen LogP contribution in [0.2, 0.25) is 0 Å². The van der Waals surface area contributed by atoms with Gasteiger partial charge in [0, 0.05) is 4.47 Å². The van der Waals surface area contributed by atoms with E-state index >= 15 is 0 Å². The number of hydrogen-bond donors (Lipinski definition) is 0. The largest absolute Gasteiger partial charge is 0.492 e. The lowest BCUT2D eigenvalue weighted by Crippen LogP contribution is -1.96.